The lowest BCUT2D eigenvalue weighted by Crippen LogP contribution is -2.19. The number of hydrogen-bond donors (Lipinski definition) is 3. The molecule has 0 aliphatic carbocycles. The molecule has 0 aliphatic heterocycles. The van der Waals surface area contributed by atoms with Crippen molar-refractivity contribution in [1.29, 1.82) is 0 Å². The molecule has 0 bridgehead atoms. The number of aromatic nitrogens is 1. The zero-order valence-electron chi connectivity index (χ0n) is 10.1. The molecular formula is C12H11N3O4S. The number of rotatable bonds is 3. The van der Waals surface area contributed by atoms with Gasteiger partial charge in [-0.2, -0.15) is 8.42 Å². The average Bonchev–Trinajstić information content (AvgIpc) is 2.39. The van der Waals surface area contributed by atoms with Gasteiger partial charge in [-0.15, -0.1) is 0 Å². The summed E-state index contributed by atoms with van der Waals surface area (Å²) in [6, 6.07) is 7.96. The first kappa shape index (κ1) is 14.0. The molecule has 0 spiro atoms. The Morgan fingerprint density at radius 1 is 1.05 bits per heavy atom. The van der Waals surface area contributed by atoms with Crippen molar-refractivity contribution in [2.24, 2.45) is 0 Å². The third-order valence-corrected chi connectivity index (χ3v) is 3.18. The Hall–Kier alpha value is -2.45. The number of nitrogens with one attached hydrogen (secondary N) is 2. The Kier molecular flexibility index (Phi) is 3.97. The van der Waals surface area contributed by atoms with Crippen LogP contribution in [0.15, 0.2) is 53.7 Å². The predicted molar refractivity (Wildman–Crippen MR) is 73.1 cm³/mol. The summed E-state index contributed by atoms with van der Waals surface area (Å²) in [5, 5.41) is 5.00. The van der Waals surface area contributed by atoms with Crippen LogP contribution in [0.1, 0.15) is 0 Å². The van der Waals surface area contributed by atoms with E-state index in [0.717, 1.165) is 6.07 Å². The highest BCUT2D eigenvalue weighted by molar-refractivity contribution is 7.85. The molecular weight excluding hydrogens is 282 g/mol. The van der Waals surface area contributed by atoms with Crippen LogP contribution in [-0.4, -0.2) is 24.0 Å². The first-order chi connectivity index (χ1) is 9.45. The van der Waals surface area contributed by atoms with Crippen molar-refractivity contribution in [3.63, 3.8) is 0 Å². The quantitative estimate of drug-likeness (QED) is 0.750. The summed E-state index contributed by atoms with van der Waals surface area (Å²) in [6.45, 7) is 0. The van der Waals surface area contributed by atoms with Crippen LogP contribution in [0.2, 0.25) is 0 Å². The number of urea groups is 1. The molecule has 1 aromatic heterocycles. The van der Waals surface area contributed by atoms with Crippen LogP contribution in [0.3, 0.4) is 0 Å². The summed E-state index contributed by atoms with van der Waals surface area (Å²) in [5.41, 5.74) is 0.787. The van der Waals surface area contributed by atoms with Gasteiger partial charge in [-0.05, 0) is 30.3 Å². The van der Waals surface area contributed by atoms with Gasteiger partial charge in [0.1, 0.15) is 0 Å². The molecule has 7 nitrogen and oxygen atoms in total. The highest BCUT2D eigenvalue weighted by Gasteiger charge is 2.10. The van der Waals surface area contributed by atoms with Gasteiger partial charge in [-0.3, -0.25) is 9.54 Å². The molecule has 0 radical (unpaired) electrons. The van der Waals surface area contributed by atoms with E-state index < -0.39 is 16.1 Å². The summed E-state index contributed by atoms with van der Waals surface area (Å²) in [4.78, 5) is 15.2. The predicted octanol–water partition coefficient (Wildman–Crippen LogP) is 1.97. The molecule has 1 heterocycles. The molecule has 0 atom stereocenters. The lowest BCUT2D eigenvalue weighted by molar-refractivity contribution is 0.262. The Labute approximate surface area is 115 Å². The molecule has 0 unspecified atom stereocenters. The smallest absolute Gasteiger partial charge is 0.308 e. The fraction of sp³-hybridized carbons (Fsp3) is 0. The van der Waals surface area contributed by atoms with Crippen molar-refractivity contribution < 1.29 is 17.8 Å². The van der Waals surface area contributed by atoms with Gasteiger partial charge in [0.25, 0.3) is 10.1 Å². The van der Waals surface area contributed by atoms with Crippen molar-refractivity contribution in [3.8, 4) is 0 Å². The number of nitrogens with zero attached hydrogens (tertiary/aromatic N) is 1. The zero-order chi connectivity index (χ0) is 14.6. The molecule has 0 saturated carbocycles. The van der Waals surface area contributed by atoms with Crippen molar-refractivity contribution in [2.75, 3.05) is 10.6 Å². The molecule has 1 aromatic carbocycles. The molecule has 20 heavy (non-hydrogen) atoms. The largest absolute Gasteiger partial charge is 0.323 e. The Balaban J connectivity index is 2.09. The second-order valence-electron chi connectivity index (χ2n) is 3.82. The lowest BCUT2D eigenvalue weighted by atomic mass is 10.3. The molecule has 0 saturated heterocycles. The van der Waals surface area contributed by atoms with Crippen molar-refractivity contribution in [1.82, 2.24) is 4.98 Å². The summed E-state index contributed by atoms with van der Waals surface area (Å²) >= 11 is 0. The van der Waals surface area contributed by atoms with Crippen LogP contribution >= 0.6 is 0 Å². The molecule has 2 aromatic rings. The Morgan fingerprint density at radius 2 is 1.70 bits per heavy atom. The van der Waals surface area contributed by atoms with Crippen LogP contribution < -0.4 is 10.6 Å². The second-order valence-corrected chi connectivity index (χ2v) is 5.24. The number of hydrogen-bond acceptors (Lipinski definition) is 4. The van der Waals surface area contributed by atoms with Crippen molar-refractivity contribution in [3.05, 3.63) is 48.8 Å². The first-order valence-electron chi connectivity index (χ1n) is 5.51. The third-order valence-electron chi connectivity index (χ3n) is 2.33. The van der Waals surface area contributed by atoms with Gasteiger partial charge in [-0.25, -0.2) is 4.79 Å². The van der Waals surface area contributed by atoms with Crippen LogP contribution in [-0.2, 0) is 10.1 Å². The number of anilines is 2. The minimum atomic E-state index is -4.30. The number of benzene rings is 1. The monoisotopic (exact) mass is 293 g/mol. The van der Waals surface area contributed by atoms with Gasteiger partial charge in [0, 0.05) is 23.8 Å². The van der Waals surface area contributed by atoms with E-state index in [1.54, 1.807) is 12.1 Å². The molecule has 0 aliphatic rings. The Bertz CT molecular complexity index is 716. The first-order valence-corrected chi connectivity index (χ1v) is 6.95. The summed E-state index contributed by atoms with van der Waals surface area (Å²) in [6.07, 6.45) is 3.04. The van der Waals surface area contributed by atoms with Gasteiger partial charge in [-0.1, -0.05) is 6.07 Å². The van der Waals surface area contributed by atoms with Gasteiger partial charge in [0.2, 0.25) is 0 Å². The zero-order valence-corrected chi connectivity index (χ0v) is 11.0. The van der Waals surface area contributed by atoms with Gasteiger partial charge in [0.05, 0.1) is 4.90 Å². The SMILES string of the molecule is O=C(Nc1ccncc1)Nc1cccc(S(=O)(=O)O)c1. The van der Waals surface area contributed by atoms with E-state index in [-0.39, 0.29) is 10.6 Å². The molecule has 104 valence electrons. The van der Waals surface area contributed by atoms with Crippen LogP contribution in [0.25, 0.3) is 0 Å². The Morgan fingerprint density at radius 3 is 2.35 bits per heavy atom. The van der Waals surface area contributed by atoms with E-state index in [1.165, 1.54) is 30.6 Å². The fourth-order valence-electron chi connectivity index (χ4n) is 1.46. The number of carbonyl (C=O) groups is 1. The molecule has 2 rings (SSSR count). The van der Waals surface area contributed by atoms with Crippen molar-refractivity contribution >= 4 is 27.5 Å². The fourth-order valence-corrected chi connectivity index (χ4v) is 1.99. The van der Waals surface area contributed by atoms with E-state index in [9.17, 15) is 13.2 Å². The maximum Gasteiger partial charge on any atom is 0.323 e. The molecule has 0 fully saturated rings. The van der Waals surface area contributed by atoms with E-state index >= 15 is 0 Å². The van der Waals surface area contributed by atoms with Crippen molar-refractivity contribution in [2.45, 2.75) is 4.90 Å². The van der Waals surface area contributed by atoms with Crippen LogP contribution in [0.5, 0.6) is 0 Å². The number of amides is 2. The normalized spacial score (nSPS) is 10.8. The van der Waals surface area contributed by atoms with E-state index in [1.807, 2.05) is 0 Å². The summed E-state index contributed by atoms with van der Waals surface area (Å²) in [7, 11) is -4.30. The average molecular weight is 293 g/mol. The van der Waals surface area contributed by atoms with Gasteiger partial charge in [0.15, 0.2) is 0 Å². The maximum absolute atomic E-state index is 11.7. The molecule has 3 N–H and O–H groups in total. The minimum Gasteiger partial charge on any atom is -0.308 e. The molecule has 2 amide bonds. The second kappa shape index (κ2) is 5.68. The van der Waals surface area contributed by atoms with Gasteiger partial charge < -0.3 is 10.6 Å². The van der Waals surface area contributed by atoms with E-state index in [2.05, 4.69) is 15.6 Å². The molecule has 8 heteroatoms. The highest BCUT2D eigenvalue weighted by Crippen LogP contribution is 2.15. The van der Waals surface area contributed by atoms with Crippen LogP contribution in [0.4, 0.5) is 16.2 Å². The van der Waals surface area contributed by atoms with E-state index in [4.69, 9.17) is 4.55 Å². The third kappa shape index (κ3) is 3.77. The summed E-state index contributed by atoms with van der Waals surface area (Å²) in [5.74, 6) is 0. The van der Waals surface area contributed by atoms with Crippen LogP contribution in [0, 0.1) is 0 Å². The lowest BCUT2D eigenvalue weighted by Gasteiger charge is -2.08. The topological polar surface area (TPSA) is 108 Å². The van der Waals surface area contributed by atoms with Gasteiger partial charge >= 0.3 is 6.03 Å². The number of pyridine rings is 1. The highest BCUT2D eigenvalue weighted by atomic mass is 32.2. The number of carbonyl (C=O) groups excluding carboxylic acids is 1. The standard InChI is InChI=1S/C12H11N3O4S/c16-12(14-9-4-6-13-7-5-9)15-10-2-1-3-11(8-10)20(17,18)19/h1-8H,(H,17,18,19)(H2,13,14,15,16). The summed E-state index contributed by atoms with van der Waals surface area (Å²) < 4.78 is 30.9. The van der Waals surface area contributed by atoms with E-state index in [0.29, 0.717) is 5.69 Å². The minimum absolute atomic E-state index is 0.242. The maximum atomic E-state index is 11.7.